The van der Waals surface area contributed by atoms with Crippen molar-refractivity contribution in [3.63, 3.8) is 0 Å². The highest BCUT2D eigenvalue weighted by Crippen LogP contribution is 2.30. The van der Waals surface area contributed by atoms with Gasteiger partial charge in [0.15, 0.2) is 11.5 Å². The molecular formula is C21H17N2O7-. The molecule has 1 fully saturated rings. The van der Waals surface area contributed by atoms with Crippen LogP contribution in [-0.2, 0) is 16.2 Å². The molecule has 0 bridgehead atoms. The lowest BCUT2D eigenvalue weighted by molar-refractivity contribution is -0.255. The summed E-state index contributed by atoms with van der Waals surface area (Å²) in [6.07, 6.45) is 1.34. The van der Waals surface area contributed by atoms with Gasteiger partial charge in [-0.25, -0.2) is 4.79 Å². The fourth-order valence-electron chi connectivity index (χ4n) is 2.67. The molecule has 0 aromatic heterocycles. The lowest BCUT2D eigenvalue weighted by atomic mass is 10.1. The molecule has 2 aromatic rings. The van der Waals surface area contributed by atoms with E-state index in [1.807, 2.05) is 10.6 Å². The average molecular weight is 409 g/mol. The largest absolute Gasteiger partial charge is 0.545 e. The van der Waals surface area contributed by atoms with Crippen molar-refractivity contribution in [2.75, 3.05) is 6.61 Å². The molecule has 0 aliphatic carbocycles. The molecule has 9 heteroatoms. The van der Waals surface area contributed by atoms with Crippen LogP contribution < -0.4 is 25.2 Å². The highest BCUT2D eigenvalue weighted by atomic mass is 16.5. The maximum Gasteiger partial charge on any atom is 0.328 e. The second kappa shape index (κ2) is 8.91. The molecule has 30 heavy (non-hydrogen) atoms. The second-order valence-corrected chi connectivity index (χ2v) is 6.21. The number of nitrogens with one attached hydrogen (secondary N) is 2. The third-order valence-corrected chi connectivity index (χ3v) is 4.11. The predicted molar refractivity (Wildman–Crippen MR) is 102 cm³/mol. The first-order valence-electron chi connectivity index (χ1n) is 8.95. The van der Waals surface area contributed by atoms with Gasteiger partial charge in [-0.15, -0.1) is 0 Å². The molecule has 0 radical (unpaired) electrons. The summed E-state index contributed by atoms with van der Waals surface area (Å²) in [5.41, 5.74) is 1.11. The number of carboxylic acid groups (broad SMARTS) is 1. The molecule has 2 N–H and O–H groups in total. The quantitative estimate of drug-likeness (QED) is 0.510. The number of carboxylic acids is 1. The highest BCUT2D eigenvalue weighted by molar-refractivity contribution is 6.31. The van der Waals surface area contributed by atoms with Crippen LogP contribution in [0.1, 0.15) is 28.4 Å². The number of rotatable bonds is 7. The Morgan fingerprint density at radius 3 is 2.23 bits per heavy atom. The number of imide groups is 2. The van der Waals surface area contributed by atoms with Crippen LogP contribution in [-0.4, -0.2) is 30.4 Å². The van der Waals surface area contributed by atoms with Crippen molar-refractivity contribution in [2.24, 2.45) is 0 Å². The topological polar surface area (TPSA) is 134 Å². The van der Waals surface area contributed by atoms with Crippen molar-refractivity contribution in [3.05, 3.63) is 64.7 Å². The number of benzene rings is 2. The third-order valence-electron chi connectivity index (χ3n) is 4.11. The molecule has 1 saturated heterocycles. The van der Waals surface area contributed by atoms with E-state index >= 15 is 0 Å². The predicted octanol–water partition coefficient (Wildman–Crippen LogP) is 0.777. The van der Waals surface area contributed by atoms with Crippen LogP contribution in [0.3, 0.4) is 0 Å². The van der Waals surface area contributed by atoms with Gasteiger partial charge in [0.05, 0.1) is 12.6 Å². The first kappa shape index (κ1) is 20.6. The lowest BCUT2D eigenvalue weighted by Gasteiger charge is -2.15. The Morgan fingerprint density at radius 1 is 0.967 bits per heavy atom. The van der Waals surface area contributed by atoms with Gasteiger partial charge in [0, 0.05) is 0 Å². The van der Waals surface area contributed by atoms with Crippen molar-refractivity contribution >= 4 is 29.9 Å². The standard InChI is InChI=1S/C21H18N2O7/c1-2-29-17-10-13(9-15-18(24)22-21(28)23-19(15)25)5-8-16(17)30-11-12-3-6-14(7-4-12)20(26)27/h3-10H,2,11H2,1H3,(H,26,27)(H2,22,23,24,25,28)/p-1. The number of aromatic carboxylic acids is 1. The maximum atomic E-state index is 11.9. The van der Waals surface area contributed by atoms with E-state index in [0.29, 0.717) is 23.7 Å². The fraction of sp³-hybridized carbons (Fsp3) is 0.143. The molecule has 0 spiro atoms. The van der Waals surface area contributed by atoms with Gasteiger partial charge in [0.2, 0.25) is 0 Å². The zero-order chi connectivity index (χ0) is 21.7. The van der Waals surface area contributed by atoms with Crippen LogP contribution in [0.25, 0.3) is 6.08 Å². The van der Waals surface area contributed by atoms with E-state index < -0.39 is 23.8 Å². The highest BCUT2D eigenvalue weighted by Gasteiger charge is 2.27. The van der Waals surface area contributed by atoms with E-state index in [1.54, 1.807) is 37.3 Å². The smallest absolute Gasteiger partial charge is 0.328 e. The Hall–Kier alpha value is -4.14. The molecule has 1 aliphatic heterocycles. The summed E-state index contributed by atoms with van der Waals surface area (Å²) < 4.78 is 11.3. The number of urea groups is 1. The zero-order valence-electron chi connectivity index (χ0n) is 15.9. The van der Waals surface area contributed by atoms with E-state index in [-0.39, 0.29) is 17.7 Å². The molecule has 3 rings (SSSR count). The Bertz CT molecular complexity index is 1020. The summed E-state index contributed by atoms with van der Waals surface area (Å²) in [6, 6.07) is 10.1. The van der Waals surface area contributed by atoms with Crippen LogP contribution in [0, 0.1) is 0 Å². The van der Waals surface area contributed by atoms with Crippen molar-refractivity contribution in [1.82, 2.24) is 10.6 Å². The third kappa shape index (κ3) is 4.82. The SMILES string of the molecule is CCOc1cc(C=C2C(=O)NC(=O)NC2=O)ccc1OCc1ccc(C(=O)[O-])cc1. The zero-order valence-corrected chi connectivity index (χ0v) is 15.9. The fourth-order valence-corrected chi connectivity index (χ4v) is 2.67. The van der Waals surface area contributed by atoms with Crippen molar-refractivity contribution in [2.45, 2.75) is 13.5 Å². The van der Waals surface area contributed by atoms with E-state index in [1.165, 1.54) is 18.2 Å². The van der Waals surface area contributed by atoms with Gasteiger partial charge in [-0.2, -0.15) is 0 Å². The van der Waals surface area contributed by atoms with E-state index in [0.717, 1.165) is 5.56 Å². The van der Waals surface area contributed by atoms with E-state index in [2.05, 4.69) is 0 Å². The number of carbonyl (C=O) groups excluding carboxylic acids is 4. The van der Waals surface area contributed by atoms with Gasteiger partial charge in [0.25, 0.3) is 11.8 Å². The Morgan fingerprint density at radius 2 is 1.63 bits per heavy atom. The number of ether oxygens (including phenoxy) is 2. The van der Waals surface area contributed by atoms with E-state index in [4.69, 9.17) is 9.47 Å². The molecule has 0 saturated carbocycles. The van der Waals surface area contributed by atoms with Crippen molar-refractivity contribution in [3.8, 4) is 11.5 Å². The Kier molecular flexibility index (Phi) is 6.11. The van der Waals surface area contributed by atoms with Crippen LogP contribution in [0.4, 0.5) is 4.79 Å². The minimum absolute atomic E-state index is 0.0728. The summed E-state index contributed by atoms with van der Waals surface area (Å²) in [7, 11) is 0. The molecule has 2 aromatic carbocycles. The summed E-state index contributed by atoms with van der Waals surface area (Å²) >= 11 is 0. The van der Waals surface area contributed by atoms with Gasteiger partial charge in [-0.3, -0.25) is 20.2 Å². The maximum absolute atomic E-state index is 11.9. The van der Waals surface area contributed by atoms with Crippen molar-refractivity contribution in [1.29, 1.82) is 0 Å². The average Bonchev–Trinajstić information content (AvgIpc) is 2.70. The molecule has 0 unspecified atom stereocenters. The molecule has 9 nitrogen and oxygen atoms in total. The van der Waals surface area contributed by atoms with Gasteiger partial charge in [0.1, 0.15) is 12.2 Å². The number of hydrogen-bond donors (Lipinski definition) is 2. The molecule has 4 amide bonds. The van der Waals surface area contributed by atoms with Gasteiger partial charge in [-0.1, -0.05) is 30.3 Å². The number of carbonyl (C=O) groups is 4. The van der Waals surface area contributed by atoms with Gasteiger partial charge in [-0.05, 0) is 41.8 Å². The van der Waals surface area contributed by atoms with Crippen molar-refractivity contribution < 1.29 is 33.8 Å². The summed E-state index contributed by atoms with van der Waals surface area (Å²) in [5.74, 6) is -2.01. The summed E-state index contributed by atoms with van der Waals surface area (Å²) in [5, 5.41) is 14.8. The second-order valence-electron chi connectivity index (χ2n) is 6.21. The molecule has 1 aliphatic rings. The van der Waals surface area contributed by atoms with Crippen LogP contribution in [0.15, 0.2) is 48.0 Å². The summed E-state index contributed by atoms with van der Waals surface area (Å²) in [6.45, 7) is 2.31. The number of hydrogen-bond acceptors (Lipinski definition) is 7. The molecular weight excluding hydrogens is 392 g/mol. The summed E-state index contributed by atoms with van der Waals surface area (Å²) in [4.78, 5) is 45.7. The first-order chi connectivity index (χ1) is 14.4. The number of amides is 4. The van der Waals surface area contributed by atoms with Crippen LogP contribution >= 0.6 is 0 Å². The van der Waals surface area contributed by atoms with Crippen LogP contribution in [0.5, 0.6) is 11.5 Å². The normalized spacial score (nSPS) is 13.4. The lowest BCUT2D eigenvalue weighted by Crippen LogP contribution is -2.51. The van der Waals surface area contributed by atoms with E-state index in [9.17, 15) is 24.3 Å². The minimum atomic E-state index is -1.25. The Balaban J connectivity index is 1.78. The number of barbiturate groups is 1. The molecule has 0 atom stereocenters. The first-order valence-corrected chi connectivity index (χ1v) is 8.95. The minimum Gasteiger partial charge on any atom is -0.545 e. The molecule has 1 heterocycles. The monoisotopic (exact) mass is 409 g/mol. The van der Waals surface area contributed by atoms with Gasteiger partial charge >= 0.3 is 6.03 Å². The van der Waals surface area contributed by atoms with Crippen LogP contribution in [0.2, 0.25) is 0 Å². The Labute approximate surface area is 171 Å². The van der Waals surface area contributed by atoms with Gasteiger partial charge < -0.3 is 19.4 Å². The molecule has 154 valence electrons.